The van der Waals surface area contributed by atoms with Crippen molar-refractivity contribution in [2.75, 3.05) is 7.11 Å². The Hall–Kier alpha value is -2.74. The molecule has 2 aromatic carbocycles. The Morgan fingerprint density at radius 1 is 1.13 bits per heavy atom. The molecule has 0 N–H and O–H groups in total. The normalized spacial score (nSPS) is 11.0. The van der Waals surface area contributed by atoms with E-state index in [4.69, 9.17) is 4.74 Å². The zero-order valence-corrected chi connectivity index (χ0v) is 13.2. The van der Waals surface area contributed by atoms with Crippen LogP contribution in [0.4, 0.5) is 5.69 Å². The van der Waals surface area contributed by atoms with Gasteiger partial charge in [0.25, 0.3) is 5.69 Å². The molecule has 0 aliphatic heterocycles. The standard InChI is InChI=1S/C15H13NO6S/c1-10(17)11-3-8-15(14(9-11)16(18)19)23(20,21)13-6-4-12(22-2)5-7-13/h3-9H,1-2H3. The maximum absolute atomic E-state index is 12.6. The van der Waals surface area contributed by atoms with Crippen molar-refractivity contribution in [1.29, 1.82) is 0 Å². The molecule has 0 atom stereocenters. The van der Waals surface area contributed by atoms with Crippen LogP contribution in [0.15, 0.2) is 52.3 Å². The highest BCUT2D eigenvalue weighted by Gasteiger charge is 2.28. The minimum absolute atomic E-state index is 0.0744. The van der Waals surface area contributed by atoms with Gasteiger partial charge in [0, 0.05) is 11.6 Å². The number of nitro groups is 1. The van der Waals surface area contributed by atoms with E-state index in [1.54, 1.807) is 0 Å². The quantitative estimate of drug-likeness (QED) is 0.473. The number of nitro benzene ring substituents is 1. The van der Waals surface area contributed by atoms with Crippen molar-refractivity contribution in [3.63, 3.8) is 0 Å². The van der Waals surface area contributed by atoms with Crippen LogP contribution in [-0.4, -0.2) is 26.2 Å². The summed E-state index contributed by atoms with van der Waals surface area (Å²) >= 11 is 0. The van der Waals surface area contributed by atoms with E-state index in [1.165, 1.54) is 44.4 Å². The molecule has 0 radical (unpaired) electrons. The second-order valence-electron chi connectivity index (χ2n) is 4.67. The van der Waals surface area contributed by atoms with Gasteiger partial charge < -0.3 is 4.74 Å². The number of ketones is 1. The number of hydrogen-bond donors (Lipinski definition) is 0. The van der Waals surface area contributed by atoms with Crippen molar-refractivity contribution < 1.29 is 22.9 Å². The Kier molecular flexibility index (Phi) is 4.46. The molecule has 0 aromatic heterocycles. The van der Waals surface area contributed by atoms with E-state index in [0.717, 1.165) is 12.1 Å². The van der Waals surface area contributed by atoms with Gasteiger partial charge in [-0.05, 0) is 43.3 Å². The maximum atomic E-state index is 12.6. The van der Waals surface area contributed by atoms with Crippen LogP contribution in [0, 0.1) is 10.1 Å². The van der Waals surface area contributed by atoms with Gasteiger partial charge in [-0.2, -0.15) is 0 Å². The summed E-state index contributed by atoms with van der Waals surface area (Å²) in [6.07, 6.45) is 0. The molecule has 0 spiro atoms. The van der Waals surface area contributed by atoms with Crippen LogP contribution in [0.1, 0.15) is 17.3 Å². The van der Waals surface area contributed by atoms with Gasteiger partial charge in [-0.3, -0.25) is 14.9 Å². The predicted octanol–water partition coefficient (Wildman–Crippen LogP) is 2.64. The molecule has 0 saturated carbocycles. The van der Waals surface area contributed by atoms with E-state index in [0.29, 0.717) is 5.75 Å². The third-order valence-corrected chi connectivity index (χ3v) is 5.04. The smallest absolute Gasteiger partial charge is 0.289 e. The molecule has 2 rings (SSSR count). The summed E-state index contributed by atoms with van der Waals surface area (Å²) in [7, 11) is -2.65. The number of Topliss-reactive ketones (excluding diaryl/α,β-unsaturated/α-hetero) is 1. The average molecular weight is 335 g/mol. The van der Waals surface area contributed by atoms with Crippen molar-refractivity contribution in [2.24, 2.45) is 0 Å². The second-order valence-corrected chi connectivity index (χ2v) is 6.59. The fraction of sp³-hybridized carbons (Fsp3) is 0.133. The van der Waals surface area contributed by atoms with Gasteiger partial charge >= 0.3 is 0 Å². The summed E-state index contributed by atoms with van der Waals surface area (Å²) in [4.78, 5) is 21.1. The van der Waals surface area contributed by atoms with Crippen LogP contribution in [-0.2, 0) is 9.84 Å². The van der Waals surface area contributed by atoms with Gasteiger partial charge in [-0.15, -0.1) is 0 Å². The third kappa shape index (κ3) is 3.21. The maximum Gasteiger partial charge on any atom is 0.289 e. The van der Waals surface area contributed by atoms with Crippen molar-refractivity contribution in [1.82, 2.24) is 0 Å². The van der Waals surface area contributed by atoms with Crippen LogP contribution in [0.25, 0.3) is 0 Å². The van der Waals surface area contributed by atoms with E-state index in [9.17, 15) is 23.3 Å². The monoisotopic (exact) mass is 335 g/mol. The number of methoxy groups -OCH3 is 1. The molecule has 0 aliphatic carbocycles. The molecular formula is C15H13NO6S. The van der Waals surface area contributed by atoms with Gasteiger partial charge in [0.2, 0.25) is 9.84 Å². The Morgan fingerprint density at radius 3 is 2.22 bits per heavy atom. The summed E-state index contributed by atoms with van der Waals surface area (Å²) in [5, 5.41) is 11.2. The first-order chi connectivity index (χ1) is 10.8. The van der Waals surface area contributed by atoms with Crippen molar-refractivity contribution in [2.45, 2.75) is 16.7 Å². The number of rotatable bonds is 5. The Morgan fingerprint density at radius 2 is 1.74 bits per heavy atom. The number of hydrogen-bond acceptors (Lipinski definition) is 6. The second kappa shape index (κ2) is 6.17. The van der Waals surface area contributed by atoms with Crippen molar-refractivity contribution >= 4 is 21.3 Å². The fourth-order valence-electron chi connectivity index (χ4n) is 1.99. The minimum Gasteiger partial charge on any atom is -0.497 e. The lowest BCUT2D eigenvalue weighted by atomic mass is 10.1. The van der Waals surface area contributed by atoms with Crippen LogP contribution < -0.4 is 4.74 Å². The van der Waals surface area contributed by atoms with Crippen molar-refractivity contribution in [3.05, 3.63) is 58.1 Å². The van der Waals surface area contributed by atoms with Gasteiger partial charge in [0.05, 0.1) is 16.9 Å². The first kappa shape index (κ1) is 16.6. The molecule has 2 aromatic rings. The lowest BCUT2D eigenvalue weighted by Gasteiger charge is -2.07. The van der Waals surface area contributed by atoms with Gasteiger partial charge in [0.1, 0.15) is 10.6 Å². The summed E-state index contributed by atoms with van der Waals surface area (Å²) < 4.78 is 30.2. The molecule has 7 nitrogen and oxygen atoms in total. The molecule has 0 fully saturated rings. The van der Waals surface area contributed by atoms with Crippen LogP contribution >= 0.6 is 0 Å². The third-order valence-electron chi connectivity index (χ3n) is 3.22. The van der Waals surface area contributed by atoms with Gasteiger partial charge in [-0.25, -0.2) is 8.42 Å². The highest BCUT2D eigenvalue weighted by atomic mass is 32.2. The molecule has 0 unspecified atom stereocenters. The number of sulfone groups is 1. The fourth-order valence-corrected chi connectivity index (χ4v) is 3.39. The lowest BCUT2D eigenvalue weighted by Crippen LogP contribution is -2.07. The van der Waals surface area contributed by atoms with Crippen molar-refractivity contribution in [3.8, 4) is 5.75 Å². The number of nitrogens with zero attached hydrogens (tertiary/aromatic N) is 1. The average Bonchev–Trinajstić information content (AvgIpc) is 2.54. The number of carbonyl (C=O) groups excluding carboxylic acids is 1. The molecule has 23 heavy (non-hydrogen) atoms. The topological polar surface area (TPSA) is 104 Å². The summed E-state index contributed by atoms with van der Waals surface area (Å²) in [5.41, 5.74) is -0.557. The Balaban J connectivity index is 2.62. The number of ether oxygens (including phenoxy) is 1. The van der Waals surface area contributed by atoms with Gasteiger partial charge in [0.15, 0.2) is 5.78 Å². The molecule has 0 aliphatic rings. The molecule has 0 amide bonds. The van der Waals surface area contributed by atoms with Crippen LogP contribution in [0.5, 0.6) is 5.75 Å². The predicted molar refractivity (Wildman–Crippen MR) is 81.5 cm³/mol. The molecule has 0 heterocycles. The van der Waals surface area contributed by atoms with E-state index in [-0.39, 0.29) is 16.2 Å². The SMILES string of the molecule is COc1ccc(S(=O)(=O)c2ccc(C(C)=O)cc2[N+](=O)[O-])cc1. The van der Waals surface area contributed by atoms with E-state index >= 15 is 0 Å². The van der Waals surface area contributed by atoms with E-state index < -0.39 is 25.3 Å². The largest absolute Gasteiger partial charge is 0.497 e. The molecule has 0 saturated heterocycles. The summed E-state index contributed by atoms with van der Waals surface area (Å²) in [5.74, 6) is 0.0758. The summed E-state index contributed by atoms with van der Waals surface area (Å²) in [6, 6.07) is 8.80. The first-order valence-corrected chi connectivity index (χ1v) is 7.94. The Labute approximate surface area is 132 Å². The van der Waals surface area contributed by atoms with Crippen LogP contribution in [0.2, 0.25) is 0 Å². The first-order valence-electron chi connectivity index (χ1n) is 6.46. The molecule has 0 bridgehead atoms. The van der Waals surface area contributed by atoms with E-state index in [1.807, 2.05) is 0 Å². The van der Waals surface area contributed by atoms with Crippen LogP contribution in [0.3, 0.4) is 0 Å². The van der Waals surface area contributed by atoms with E-state index in [2.05, 4.69) is 0 Å². The molecular weight excluding hydrogens is 322 g/mol. The highest BCUT2D eigenvalue weighted by molar-refractivity contribution is 7.91. The number of carbonyl (C=O) groups is 1. The summed E-state index contributed by atoms with van der Waals surface area (Å²) in [6.45, 7) is 1.25. The lowest BCUT2D eigenvalue weighted by molar-refractivity contribution is -0.387. The zero-order valence-electron chi connectivity index (χ0n) is 12.3. The Bertz CT molecular complexity index is 871. The minimum atomic E-state index is -4.09. The molecule has 120 valence electrons. The highest BCUT2D eigenvalue weighted by Crippen LogP contribution is 2.31. The zero-order chi connectivity index (χ0) is 17.2. The number of benzene rings is 2. The molecule has 8 heteroatoms. The van der Waals surface area contributed by atoms with Gasteiger partial charge in [-0.1, -0.05) is 0 Å².